The monoisotopic (exact) mass is 323 g/mol. The van der Waals surface area contributed by atoms with Crippen molar-refractivity contribution in [2.24, 2.45) is 0 Å². The van der Waals surface area contributed by atoms with Crippen LogP contribution in [0.5, 0.6) is 0 Å². The van der Waals surface area contributed by atoms with Crippen molar-refractivity contribution in [1.82, 2.24) is 0 Å². The third-order valence-electron chi connectivity index (χ3n) is 4.13. The second kappa shape index (κ2) is 5.92. The van der Waals surface area contributed by atoms with Crippen LogP contribution in [-0.2, 0) is 4.84 Å². The Labute approximate surface area is 140 Å². The van der Waals surface area contributed by atoms with E-state index in [-0.39, 0.29) is 11.6 Å². The van der Waals surface area contributed by atoms with E-state index < -0.39 is 0 Å². The Kier molecular flexibility index (Phi) is 3.93. The quantitative estimate of drug-likeness (QED) is 0.641. The predicted octanol–water partition coefficient (Wildman–Crippen LogP) is 2.85. The molecule has 2 aromatic rings. The normalized spacial score (nSPS) is 13.1. The van der Waals surface area contributed by atoms with Crippen LogP contribution in [-0.4, -0.2) is 43.2 Å². The second-order valence-corrected chi connectivity index (χ2v) is 5.88. The molecule has 0 aliphatic carbocycles. The number of carbonyl (C=O) groups excluding carboxylic acids is 2. The summed E-state index contributed by atoms with van der Waals surface area (Å²) in [5.74, 6) is -0.162. The number of anilines is 1. The zero-order chi connectivity index (χ0) is 17.4. The van der Waals surface area contributed by atoms with E-state index in [0.717, 1.165) is 11.3 Å². The fourth-order valence-corrected chi connectivity index (χ4v) is 2.81. The van der Waals surface area contributed by atoms with Gasteiger partial charge in [0.05, 0.1) is 5.56 Å². The summed E-state index contributed by atoms with van der Waals surface area (Å²) in [6.45, 7) is 1.50. The molecule has 5 nitrogen and oxygen atoms in total. The lowest BCUT2D eigenvalue weighted by molar-refractivity contribution is -0.717. The number of carbonyl (C=O) groups is 2. The highest BCUT2D eigenvalue weighted by molar-refractivity contribution is 6.52. The Hall–Kier alpha value is -2.95. The Morgan fingerprint density at radius 3 is 2.29 bits per heavy atom. The molecule has 0 unspecified atom stereocenters. The van der Waals surface area contributed by atoms with Crippen LogP contribution in [0.2, 0.25) is 0 Å². The van der Waals surface area contributed by atoms with Gasteiger partial charge in [-0.15, -0.1) is 0 Å². The lowest BCUT2D eigenvalue weighted by Crippen LogP contribution is -2.19. The molecule has 1 aliphatic heterocycles. The molecule has 0 saturated carbocycles. The summed E-state index contributed by atoms with van der Waals surface area (Å²) in [4.78, 5) is 31.9. The van der Waals surface area contributed by atoms with Crippen LogP contribution in [0, 0.1) is 0 Å². The van der Waals surface area contributed by atoms with E-state index in [1.165, 1.54) is 18.8 Å². The maximum Gasteiger partial charge on any atom is 0.313 e. The van der Waals surface area contributed by atoms with Crippen molar-refractivity contribution >= 4 is 28.7 Å². The van der Waals surface area contributed by atoms with E-state index in [1.807, 2.05) is 43.3 Å². The molecular formula is C19H19N2O3+. The number of rotatable bonds is 4. The molecular weight excluding hydrogens is 304 g/mol. The highest BCUT2D eigenvalue weighted by Gasteiger charge is 2.41. The molecule has 0 atom stereocenters. The van der Waals surface area contributed by atoms with E-state index in [1.54, 1.807) is 18.2 Å². The Morgan fingerprint density at radius 2 is 1.75 bits per heavy atom. The van der Waals surface area contributed by atoms with Gasteiger partial charge >= 0.3 is 5.71 Å². The molecule has 0 aromatic heterocycles. The average Bonchev–Trinajstić information content (AvgIpc) is 2.86. The highest BCUT2D eigenvalue weighted by atomic mass is 16.7. The van der Waals surface area contributed by atoms with Crippen LogP contribution >= 0.6 is 0 Å². The van der Waals surface area contributed by atoms with Crippen LogP contribution in [0.1, 0.15) is 33.2 Å². The minimum atomic E-state index is -0.112. The molecule has 3 rings (SSSR count). The number of hydrogen-bond donors (Lipinski definition) is 0. The molecule has 5 heteroatoms. The molecule has 0 saturated heterocycles. The fourth-order valence-electron chi connectivity index (χ4n) is 2.81. The lowest BCUT2D eigenvalue weighted by atomic mass is 10.0. The van der Waals surface area contributed by atoms with E-state index in [0.29, 0.717) is 22.5 Å². The van der Waals surface area contributed by atoms with Crippen molar-refractivity contribution in [2.45, 2.75) is 6.92 Å². The molecule has 1 heterocycles. The third kappa shape index (κ3) is 2.48. The Morgan fingerprint density at radius 1 is 1.08 bits per heavy atom. The third-order valence-corrected chi connectivity index (χ3v) is 4.13. The first kappa shape index (κ1) is 15.9. The predicted molar refractivity (Wildman–Crippen MR) is 92.6 cm³/mol. The summed E-state index contributed by atoms with van der Waals surface area (Å²) in [7, 11) is 5.43. The average molecular weight is 323 g/mol. The standard InChI is InChI=1S/C19H19N2O3/c1-12(22)14-7-10-16-17(11-14)21(24-4)18(19(16)23)13-5-8-15(9-6-13)20(2)3/h5-11H,1-4H3/q+1. The first-order chi connectivity index (χ1) is 11.4. The molecule has 0 radical (unpaired) electrons. The van der Waals surface area contributed by atoms with Gasteiger partial charge in [-0.3, -0.25) is 14.4 Å². The largest absolute Gasteiger partial charge is 0.378 e. The summed E-state index contributed by atoms with van der Waals surface area (Å²) in [5.41, 5.74) is 3.96. The van der Waals surface area contributed by atoms with E-state index in [4.69, 9.17) is 4.84 Å². The van der Waals surface area contributed by atoms with Crippen molar-refractivity contribution in [2.75, 3.05) is 26.1 Å². The number of Topliss-reactive ketones (excluding diaryl/α,β-unsaturated/α-hetero) is 2. The maximum atomic E-state index is 12.8. The molecule has 0 fully saturated rings. The van der Waals surface area contributed by atoms with Crippen LogP contribution in [0.4, 0.5) is 11.4 Å². The van der Waals surface area contributed by atoms with E-state index in [9.17, 15) is 9.59 Å². The van der Waals surface area contributed by atoms with Gasteiger partial charge in [-0.25, -0.2) is 0 Å². The summed E-state index contributed by atoms with van der Waals surface area (Å²) in [6, 6.07) is 12.7. The summed E-state index contributed by atoms with van der Waals surface area (Å²) >= 11 is 0. The summed E-state index contributed by atoms with van der Waals surface area (Å²) in [6.07, 6.45) is 0. The zero-order valence-corrected chi connectivity index (χ0v) is 14.2. The van der Waals surface area contributed by atoms with Gasteiger partial charge in [0.25, 0.3) is 11.5 Å². The van der Waals surface area contributed by atoms with Gasteiger partial charge in [0, 0.05) is 36.2 Å². The van der Waals surface area contributed by atoms with Crippen LogP contribution in [0.25, 0.3) is 0 Å². The summed E-state index contributed by atoms with van der Waals surface area (Å²) < 4.78 is 1.49. The van der Waals surface area contributed by atoms with Crippen LogP contribution < -0.4 is 4.90 Å². The molecule has 0 N–H and O–H groups in total. The van der Waals surface area contributed by atoms with Gasteiger partial charge in [0.2, 0.25) is 0 Å². The van der Waals surface area contributed by atoms with Crippen molar-refractivity contribution in [1.29, 1.82) is 0 Å². The molecule has 0 spiro atoms. The molecule has 0 bridgehead atoms. The van der Waals surface area contributed by atoms with Gasteiger partial charge in [-0.1, -0.05) is 6.07 Å². The van der Waals surface area contributed by atoms with Crippen LogP contribution in [0.15, 0.2) is 42.5 Å². The van der Waals surface area contributed by atoms with Gasteiger partial charge < -0.3 is 4.90 Å². The number of fused-ring (bicyclic) bond motifs is 1. The fraction of sp³-hybridized carbons (Fsp3) is 0.211. The first-order valence-electron chi connectivity index (χ1n) is 7.62. The second-order valence-electron chi connectivity index (χ2n) is 5.88. The maximum absolute atomic E-state index is 12.8. The van der Waals surface area contributed by atoms with Crippen molar-refractivity contribution in [3.63, 3.8) is 0 Å². The minimum Gasteiger partial charge on any atom is -0.378 e. The van der Waals surface area contributed by atoms with Crippen molar-refractivity contribution in [3.05, 3.63) is 59.2 Å². The molecule has 0 amide bonds. The number of ketones is 2. The van der Waals surface area contributed by atoms with Gasteiger partial charge in [-0.2, -0.15) is 0 Å². The van der Waals surface area contributed by atoms with Crippen molar-refractivity contribution in [3.8, 4) is 0 Å². The number of benzene rings is 2. The van der Waals surface area contributed by atoms with Crippen molar-refractivity contribution < 1.29 is 19.2 Å². The van der Waals surface area contributed by atoms with E-state index >= 15 is 0 Å². The van der Waals surface area contributed by atoms with Crippen LogP contribution in [0.3, 0.4) is 0 Å². The smallest absolute Gasteiger partial charge is 0.313 e. The zero-order valence-electron chi connectivity index (χ0n) is 14.2. The molecule has 122 valence electrons. The first-order valence-corrected chi connectivity index (χ1v) is 7.62. The highest BCUT2D eigenvalue weighted by Crippen LogP contribution is 2.30. The SMILES string of the molecule is CO[N+]1=C(c2ccc(N(C)C)cc2)C(=O)c2ccc(C(C)=O)cc21. The Bertz CT molecular complexity index is 865. The van der Waals surface area contributed by atoms with E-state index in [2.05, 4.69) is 0 Å². The molecule has 2 aromatic carbocycles. The molecule has 1 aliphatic rings. The number of nitrogens with zero attached hydrogens (tertiary/aromatic N) is 2. The van der Waals surface area contributed by atoms with Gasteiger partial charge in [0.15, 0.2) is 5.78 Å². The van der Waals surface area contributed by atoms with Gasteiger partial charge in [0.1, 0.15) is 12.7 Å². The molecule has 24 heavy (non-hydrogen) atoms. The minimum absolute atomic E-state index is 0.0508. The topological polar surface area (TPSA) is 49.6 Å². The lowest BCUT2D eigenvalue weighted by Gasteiger charge is -2.11. The van der Waals surface area contributed by atoms with Gasteiger partial charge in [-0.05, 0) is 37.3 Å². The Balaban J connectivity index is 2.13. The number of hydrogen-bond acceptors (Lipinski definition) is 4. The summed E-state index contributed by atoms with van der Waals surface area (Å²) in [5, 5.41) is 0.